The molecule has 0 atom stereocenters. The van der Waals surface area contributed by atoms with Crippen molar-refractivity contribution in [3.63, 3.8) is 0 Å². The molecule has 8 nitrogen and oxygen atoms in total. The average molecular weight is 380 g/mol. The maximum atomic E-state index is 12.1. The molecule has 0 aliphatic carbocycles. The monoisotopic (exact) mass is 380 g/mol. The van der Waals surface area contributed by atoms with Gasteiger partial charge in [0.25, 0.3) is 5.69 Å². The lowest BCUT2D eigenvalue weighted by molar-refractivity contribution is -0.384. The van der Waals surface area contributed by atoms with Crippen LogP contribution in [0.2, 0.25) is 0 Å². The van der Waals surface area contributed by atoms with Crippen LogP contribution >= 0.6 is 0 Å². The van der Waals surface area contributed by atoms with Crippen molar-refractivity contribution in [1.29, 1.82) is 0 Å². The summed E-state index contributed by atoms with van der Waals surface area (Å²) in [5.41, 5.74) is 2.24. The number of hydrogen-bond acceptors (Lipinski definition) is 7. The van der Waals surface area contributed by atoms with Gasteiger partial charge in [0.15, 0.2) is 0 Å². The van der Waals surface area contributed by atoms with Gasteiger partial charge in [-0.2, -0.15) is 0 Å². The van der Waals surface area contributed by atoms with E-state index in [2.05, 4.69) is 4.98 Å². The zero-order valence-corrected chi connectivity index (χ0v) is 15.1. The number of nitrogens with zero attached hydrogens (tertiary/aromatic N) is 2. The van der Waals surface area contributed by atoms with Gasteiger partial charge in [0.05, 0.1) is 11.1 Å². The molecule has 0 saturated heterocycles. The first-order chi connectivity index (χ1) is 13.3. The number of rotatable bonds is 5. The third-order valence-electron chi connectivity index (χ3n) is 3.91. The summed E-state index contributed by atoms with van der Waals surface area (Å²) in [6.07, 6.45) is 4.57. The number of nitro groups is 1. The third-order valence-corrected chi connectivity index (χ3v) is 3.91. The van der Waals surface area contributed by atoms with Crippen LogP contribution in [0.25, 0.3) is 12.2 Å². The van der Waals surface area contributed by atoms with Crippen molar-refractivity contribution in [3.05, 3.63) is 81.1 Å². The molecular formula is C20H16N2O6. The molecule has 3 aromatic rings. The molecule has 0 spiro atoms. The van der Waals surface area contributed by atoms with E-state index in [1.54, 1.807) is 26.0 Å². The highest BCUT2D eigenvalue weighted by Gasteiger charge is 2.15. The van der Waals surface area contributed by atoms with E-state index < -0.39 is 10.9 Å². The number of carbonyl (C=O) groups is 1. The number of aromatic nitrogens is 1. The van der Waals surface area contributed by atoms with Crippen molar-refractivity contribution in [2.24, 2.45) is 0 Å². The van der Waals surface area contributed by atoms with Gasteiger partial charge in [-0.25, -0.2) is 9.78 Å². The standard InChI is InChI=1S/C20H16N2O6/c1-12-9-14(10-13(2)19(12)23)3-8-18-21-11-17(28-18)20(24)27-16-6-4-15(5-7-16)22(25)26/h3-11,23H,1-2H3. The van der Waals surface area contributed by atoms with Gasteiger partial charge in [0.2, 0.25) is 11.7 Å². The SMILES string of the molecule is Cc1cc(C=Cc2ncc(C(=O)Oc3ccc([N+](=O)[O-])cc3)o2)cc(C)c1O. The molecule has 0 radical (unpaired) electrons. The van der Waals surface area contributed by atoms with E-state index in [1.807, 2.05) is 12.1 Å². The van der Waals surface area contributed by atoms with Gasteiger partial charge < -0.3 is 14.3 Å². The van der Waals surface area contributed by atoms with Crippen molar-refractivity contribution >= 4 is 23.8 Å². The van der Waals surface area contributed by atoms with Gasteiger partial charge in [0.1, 0.15) is 11.5 Å². The molecule has 1 N–H and O–H groups in total. The number of ether oxygens (including phenoxy) is 1. The number of hydrogen-bond donors (Lipinski definition) is 1. The van der Waals surface area contributed by atoms with E-state index in [0.717, 1.165) is 16.7 Å². The van der Waals surface area contributed by atoms with Crippen LogP contribution in [0.4, 0.5) is 5.69 Å². The highest BCUT2D eigenvalue weighted by Crippen LogP contribution is 2.24. The fraction of sp³-hybridized carbons (Fsp3) is 0.100. The molecule has 2 aromatic carbocycles. The zero-order chi connectivity index (χ0) is 20.3. The van der Waals surface area contributed by atoms with Crippen molar-refractivity contribution in [2.75, 3.05) is 0 Å². The second-order valence-corrected chi connectivity index (χ2v) is 6.04. The molecule has 1 heterocycles. The molecule has 0 saturated carbocycles. The molecule has 28 heavy (non-hydrogen) atoms. The Morgan fingerprint density at radius 1 is 1.18 bits per heavy atom. The second kappa shape index (κ2) is 7.75. The molecule has 0 unspecified atom stereocenters. The van der Waals surface area contributed by atoms with Crippen LogP contribution in [0.5, 0.6) is 11.5 Å². The summed E-state index contributed by atoms with van der Waals surface area (Å²) in [4.78, 5) is 26.2. The Morgan fingerprint density at radius 3 is 2.43 bits per heavy atom. The summed E-state index contributed by atoms with van der Waals surface area (Å²) < 4.78 is 10.5. The van der Waals surface area contributed by atoms with E-state index in [0.29, 0.717) is 0 Å². The summed E-state index contributed by atoms with van der Waals surface area (Å²) >= 11 is 0. The lowest BCUT2D eigenvalue weighted by Gasteiger charge is -2.04. The first-order valence-corrected chi connectivity index (χ1v) is 8.24. The Balaban J connectivity index is 1.69. The molecule has 0 aliphatic heterocycles. The summed E-state index contributed by atoms with van der Waals surface area (Å²) in [7, 11) is 0. The number of non-ortho nitro benzene ring substituents is 1. The lowest BCUT2D eigenvalue weighted by Crippen LogP contribution is -2.07. The quantitative estimate of drug-likeness (QED) is 0.304. The van der Waals surface area contributed by atoms with Gasteiger partial charge in [-0.1, -0.05) is 0 Å². The molecule has 142 valence electrons. The van der Waals surface area contributed by atoms with Crippen LogP contribution < -0.4 is 4.74 Å². The van der Waals surface area contributed by atoms with Crippen LogP contribution in [-0.4, -0.2) is 21.0 Å². The summed E-state index contributed by atoms with van der Waals surface area (Å²) in [5.74, 6) is -0.254. The third kappa shape index (κ3) is 4.24. The number of carbonyl (C=O) groups excluding carboxylic acids is 1. The summed E-state index contributed by atoms with van der Waals surface area (Å²) in [6.45, 7) is 3.61. The minimum Gasteiger partial charge on any atom is -0.507 e. The Morgan fingerprint density at radius 2 is 1.82 bits per heavy atom. The van der Waals surface area contributed by atoms with Crippen molar-refractivity contribution in [2.45, 2.75) is 13.8 Å². The van der Waals surface area contributed by atoms with Crippen molar-refractivity contribution in [3.8, 4) is 11.5 Å². The first-order valence-electron chi connectivity index (χ1n) is 8.24. The number of nitro benzene ring substituents is 1. The number of phenolic OH excluding ortho intramolecular Hbond substituents is 1. The molecule has 0 aliphatic rings. The maximum absolute atomic E-state index is 12.1. The number of aryl methyl sites for hydroxylation is 2. The highest BCUT2D eigenvalue weighted by atomic mass is 16.6. The zero-order valence-electron chi connectivity index (χ0n) is 15.1. The van der Waals surface area contributed by atoms with E-state index in [4.69, 9.17) is 9.15 Å². The Labute approximate surface area is 159 Å². The van der Waals surface area contributed by atoms with Crippen LogP contribution in [0, 0.1) is 24.0 Å². The summed E-state index contributed by atoms with van der Waals surface area (Å²) in [5, 5.41) is 20.4. The minimum absolute atomic E-state index is 0.101. The van der Waals surface area contributed by atoms with Gasteiger partial charge in [-0.05, 0) is 60.9 Å². The average Bonchev–Trinajstić information content (AvgIpc) is 3.14. The predicted octanol–water partition coefficient (Wildman–Crippen LogP) is 4.29. The number of benzene rings is 2. The van der Waals surface area contributed by atoms with Crippen LogP contribution in [0.1, 0.15) is 33.1 Å². The van der Waals surface area contributed by atoms with Crippen LogP contribution in [0.15, 0.2) is 47.0 Å². The van der Waals surface area contributed by atoms with Gasteiger partial charge in [-0.15, -0.1) is 0 Å². The fourth-order valence-corrected chi connectivity index (χ4v) is 2.51. The van der Waals surface area contributed by atoms with E-state index >= 15 is 0 Å². The van der Waals surface area contributed by atoms with Crippen molar-refractivity contribution < 1.29 is 24.0 Å². The number of esters is 1. The second-order valence-electron chi connectivity index (χ2n) is 6.04. The lowest BCUT2D eigenvalue weighted by atomic mass is 10.1. The molecule has 8 heteroatoms. The molecule has 3 rings (SSSR count). The Hall–Kier alpha value is -3.94. The van der Waals surface area contributed by atoms with Gasteiger partial charge in [-0.3, -0.25) is 10.1 Å². The highest BCUT2D eigenvalue weighted by molar-refractivity contribution is 5.88. The fourth-order valence-electron chi connectivity index (χ4n) is 2.51. The molecule has 0 bridgehead atoms. The van der Waals surface area contributed by atoms with Crippen LogP contribution in [0.3, 0.4) is 0 Å². The van der Waals surface area contributed by atoms with E-state index in [9.17, 15) is 20.0 Å². The molecule has 1 aromatic heterocycles. The number of oxazole rings is 1. The van der Waals surface area contributed by atoms with E-state index in [1.165, 1.54) is 30.5 Å². The summed E-state index contributed by atoms with van der Waals surface area (Å²) in [6, 6.07) is 8.74. The maximum Gasteiger partial charge on any atom is 0.381 e. The Bertz CT molecular complexity index is 1040. The normalized spacial score (nSPS) is 10.9. The van der Waals surface area contributed by atoms with E-state index in [-0.39, 0.29) is 28.8 Å². The first kappa shape index (κ1) is 18.8. The molecular weight excluding hydrogens is 364 g/mol. The number of aromatic hydroxyl groups is 1. The molecule has 0 fully saturated rings. The van der Waals surface area contributed by atoms with Gasteiger partial charge in [0, 0.05) is 18.2 Å². The predicted molar refractivity (Wildman–Crippen MR) is 101 cm³/mol. The van der Waals surface area contributed by atoms with Crippen molar-refractivity contribution in [1.82, 2.24) is 4.98 Å². The minimum atomic E-state index is -0.766. The van der Waals surface area contributed by atoms with Gasteiger partial charge >= 0.3 is 5.97 Å². The van der Waals surface area contributed by atoms with Crippen LogP contribution in [-0.2, 0) is 0 Å². The smallest absolute Gasteiger partial charge is 0.381 e. The Kier molecular flexibility index (Phi) is 5.21. The number of phenols is 1. The molecule has 0 amide bonds. The largest absolute Gasteiger partial charge is 0.507 e. The topological polar surface area (TPSA) is 116 Å².